The molecule has 3 rings (SSSR count). The van der Waals surface area contributed by atoms with Crippen molar-refractivity contribution in [2.75, 3.05) is 31.1 Å². The van der Waals surface area contributed by atoms with Gasteiger partial charge in [0.25, 0.3) is 0 Å². The Bertz CT molecular complexity index is 1280. The minimum Gasteiger partial charge on any atom is -0.368 e. The highest BCUT2D eigenvalue weighted by Crippen LogP contribution is 2.22. The molecule has 15 heteroatoms. The largest absolute Gasteiger partial charge is 0.368 e. The Morgan fingerprint density at radius 1 is 0.775 bits per heavy atom. The van der Waals surface area contributed by atoms with E-state index < -0.39 is 73.2 Å². The maximum atomic E-state index is 13.0. The first-order valence-corrected chi connectivity index (χ1v) is 14.8. The minimum atomic E-state index is -1.07. The molecule has 1 fully saturated rings. The van der Waals surface area contributed by atoms with Crippen molar-refractivity contribution in [2.45, 2.75) is 24.5 Å². The fourth-order valence-electron chi connectivity index (χ4n) is 3.64. The van der Waals surface area contributed by atoms with Crippen LogP contribution in [0, 0.1) is 0 Å². The summed E-state index contributed by atoms with van der Waals surface area (Å²) >= 11 is 0. The first kappa shape index (κ1) is 30.7. The zero-order valence-corrected chi connectivity index (χ0v) is 23.1. The van der Waals surface area contributed by atoms with Crippen LogP contribution in [0.2, 0.25) is 0 Å². The van der Waals surface area contributed by atoms with E-state index in [9.17, 15) is 28.8 Å². The first-order chi connectivity index (χ1) is 19.1. The van der Waals surface area contributed by atoms with Crippen molar-refractivity contribution in [1.29, 1.82) is 0 Å². The zero-order valence-electron chi connectivity index (χ0n) is 21.4. The van der Waals surface area contributed by atoms with Crippen LogP contribution in [0.15, 0.2) is 42.5 Å². The maximum absolute atomic E-state index is 13.0. The summed E-state index contributed by atoms with van der Waals surface area (Å²) in [7, 11) is 2.37. The third-order valence-electron chi connectivity index (χ3n) is 5.78. The third kappa shape index (κ3) is 9.73. The van der Waals surface area contributed by atoms with Gasteiger partial charge in [0.1, 0.15) is 12.1 Å². The fraction of sp³-hybridized carbons (Fsp3) is 0.360. The Morgan fingerprint density at radius 2 is 1.40 bits per heavy atom. The monoisotopic (exact) mass is 589 g/mol. The molecule has 1 aliphatic rings. The van der Waals surface area contributed by atoms with Gasteiger partial charge in [-0.05, 0) is 16.3 Å². The number of nitrogens with two attached hydrogens (primary N) is 2. The van der Waals surface area contributed by atoms with Gasteiger partial charge in [-0.1, -0.05) is 64.1 Å². The highest BCUT2D eigenvalue weighted by molar-refractivity contribution is 8.76. The number of primary amides is 1. The van der Waals surface area contributed by atoms with E-state index >= 15 is 0 Å². The molecule has 0 bridgehead atoms. The van der Waals surface area contributed by atoms with E-state index in [-0.39, 0.29) is 17.9 Å². The first-order valence-electron chi connectivity index (χ1n) is 12.3. The van der Waals surface area contributed by atoms with Crippen LogP contribution in [0.3, 0.4) is 0 Å². The molecule has 1 unspecified atom stereocenters. The second kappa shape index (κ2) is 15.1. The molecule has 0 aliphatic carbocycles. The lowest BCUT2D eigenvalue weighted by molar-refractivity contribution is -0.131. The predicted molar refractivity (Wildman–Crippen MR) is 153 cm³/mol. The fourth-order valence-corrected chi connectivity index (χ4v) is 5.94. The minimum absolute atomic E-state index is 0.102. The number of hydrogen-bond acceptors (Lipinski definition) is 9. The van der Waals surface area contributed by atoms with Crippen molar-refractivity contribution in [3.63, 3.8) is 0 Å². The number of fused-ring (bicyclic) bond motifs is 1. The lowest BCUT2D eigenvalue weighted by Crippen LogP contribution is -2.53. The quantitative estimate of drug-likeness (QED) is 0.195. The molecule has 9 N–H and O–H groups in total. The molecule has 6 amide bonds. The van der Waals surface area contributed by atoms with E-state index in [0.717, 1.165) is 16.3 Å². The van der Waals surface area contributed by atoms with Crippen molar-refractivity contribution in [1.82, 2.24) is 26.6 Å². The Kier molecular flexibility index (Phi) is 11.6. The average Bonchev–Trinajstić information content (AvgIpc) is 2.93. The summed E-state index contributed by atoms with van der Waals surface area (Å²) in [5.41, 5.74) is 12.0. The number of amides is 6. The van der Waals surface area contributed by atoms with Gasteiger partial charge in [-0.2, -0.15) is 0 Å². The molecule has 0 radical (unpaired) electrons. The van der Waals surface area contributed by atoms with Crippen molar-refractivity contribution in [3.05, 3.63) is 48.0 Å². The van der Waals surface area contributed by atoms with Gasteiger partial charge in [-0.15, -0.1) is 0 Å². The van der Waals surface area contributed by atoms with Gasteiger partial charge >= 0.3 is 0 Å². The lowest BCUT2D eigenvalue weighted by Gasteiger charge is -2.20. The number of nitrogens with one attached hydrogen (secondary N) is 5. The van der Waals surface area contributed by atoms with Crippen LogP contribution in [0.1, 0.15) is 5.56 Å². The van der Waals surface area contributed by atoms with E-state index in [1.807, 2.05) is 42.5 Å². The summed E-state index contributed by atoms with van der Waals surface area (Å²) in [6.45, 7) is -1.33. The van der Waals surface area contributed by atoms with Crippen LogP contribution >= 0.6 is 21.6 Å². The molecule has 2 aromatic carbocycles. The molecule has 0 spiro atoms. The molecular weight excluding hydrogens is 558 g/mol. The van der Waals surface area contributed by atoms with Crippen molar-refractivity contribution in [2.24, 2.45) is 11.5 Å². The maximum Gasteiger partial charge on any atom is 0.243 e. The van der Waals surface area contributed by atoms with Gasteiger partial charge in [0.2, 0.25) is 35.4 Å². The number of carbonyl (C=O) groups is 6. The molecule has 13 nitrogen and oxygen atoms in total. The molecule has 40 heavy (non-hydrogen) atoms. The summed E-state index contributed by atoms with van der Waals surface area (Å²) in [6, 6.07) is 10.3. The molecule has 3 atom stereocenters. The van der Waals surface area contributed by atoms with Gasteiger partial charge < -0.3 is 38.1 Å². The summed E-state index contributed by atoms with van der Waals surface area (Å²) < 4.78 is 0. The van der Waals surface area contributed by atoms with Crippen LogP contribution < -0.4 is 38.1 Å². The summed E-state index contributed by atoms with van der Waals surface area (Å²) in [4.78, 5) is 74.2. The normalized spacial score (nSPS) is 22.7. The summed E-state index contributed by atoms with van der Waals surface area (Å²) in [5.74, 6) is -3.66. The topological polar surface area (TPSA) is 215 Å². The van der Waals surface area contributed by atoms with Gasteiger partial charge in [0.15, 0.2) is 0 Å². The number of carbonyl (C=O) groups excluding carboxylic acids is 6. The Morgan fingerprint density at radius 3 is 2.15 bits per heavy atom. The highest BCUT2D eigenvalue weighted by atomic mass is 33.1. The molecular formula is C25H31N7O6S2. The third-order valence-corrected chi connectivity index (χ3v) is 8.23. The smallest absolute Gasteiger partial charge is 0.243 e. The summed E-state index contributed by atoms with van der Waals surface area (Å²) in [6.07, 6.45) is 0.113. The van der Waals surface area contributed by atoms with Crippen LogP contribution in [0.25, 0.3) is 10.8 Å². The SMILES string of the molecule is NC(=O)C1CSSC[C@H](N)C(=O)NCC(=O)N[C@H](Cc2ccc3ccccc3c2)C(=O)NCC(=O)NCC(=O)N1. The van der Waals surface area contributed by atoms with Gasteiger partial charge in [-0.25, -0.2) is 0 Å². The standard InChI is InChI=1S/C25H31N7O6S2/c26-17-12-39-40-13-19(23(27)36)32-21(34)10-28-20(33)9-30-25(38)18(31-22(35)11-29-24(17)37)8-14-5-6-15-3-1-2-4-16(15)7-14/h1-7,17-19H,8-13,26H2,(H2,27,36)(H,28,33)(H,29,37)(H,30,38)(H,31,35)(H,32,34)/t17-,18+,19?/m0/s1. The van der Waals surface area contributed by atoms with E-state index in [1.165, 1.54) is 21.6 Å². The second-order valence-corrected chi connectivity index (χ2v) is 11.5. The van der Waals surface area contributed by atoms with Crippen LogP contribution in [0.4, 0.5) is 0 Å². The van der Waals surface area contributed by atoms with Crippen LogP contribution in [-0.4, -0.2) is 84.7 Å². The number of hydrogen-bond donors (Lipinski definition) is 7. The number of benzene rings is 2. The van der Waals surface area contributed by atoms with E-state index in [1.54, 1.807) is 0 Å². The average molecular weight is 590 g/mol. The van der Waals surface area contributed by atoms with Crippen molar-refractivity contribution < 1.29 is 28.8 Å². The zero-order chi connectivity index (χ0) is 29.1. The van der Waals surface area contributed by atoms with Crippen molar-refractivity contribution in [3.8, 4) is 0 Å². The molecule has 1 heterocycles. The predicted octanol–water partition coefficient (Wildman–Crippen LogP) is -2.09. The molecule has 0 aromatic heterocycles. The van der Waals surface area contributed by atoms with Gasteiger partial charge in [-0.3, -0.25) is 28.8 Å². The van der Waals surface area contributed by atoms with Crippen molar-refractivity contribution >= 4 is 67.8 Å². The Hall–Kier alpha value is -3.82. The van der Waals surface area contributed by atoms with E-state index in [4.69, 9.17) is 11.5 Å². The van der Waals surface area contributed by atoms with Crippen LogP contribution in [0.5, 0.6) is 0 Å². The highest BCUT2D eigenvalue weighted by Gasteiger charge is 2.24. The molecule has 2 aromatic rings. The van der Waals surface area contributed by atoms with E-state index in [2.05, 4.69) is 26.6 Å². The molecule has 1 saturated heterocycles. The molecule has 0 saturated carbocycles. The Balaban J connectivity index is 1.73. The van der Waals surface area contributed by atoms with E-state index in [0.29, 0.717) is 0 Å². The lowest BCUT2D eigenvalue weighted by atomic mass is 10.0. The van der Waals surface area contributed by atoms with Crippen LogP contribution in [-0.2, 0) is 35.2 Å². The van der Waals surface area contributed by atoms with Gasteiger partial charge in [0.05, 0.1) is 25.7 Å². The van der Waals surface area contributed by atoms with Gasteiger partial charge in [0, 0.05) is 17.9 Å². The summed E-state index contributed by atoms with van der Waals surface area (Å²) in [5, 5.41) is 14.3. The molecule has 214 valence electrons. The number of rotatable bonds is 3. The Labute approximate surface area is 238 Å². The molecule has 1 aliphatic heterocycles. The second-order valence-electron chi connectivity index (χ2n) is 8.92.